The predicted octanol–water partition coefficient (Wildman–Crippen LogP) is 5.55. The first kappa shape index (κ1) is 21.2. The molecule has 0 spiro atoms. The lowest BCUT2D eigenvalue weighted by molar-refractivity contribution is 0.635. The summed E-state index contributed by atoms with van der Waals surface area (Å²) in [6, 6.07) is 6.79. The molecule has 0 unspecified atom stereocenters. The van der Waals surface area contributed by atoms with E-state index in [0.717, 1.165) is 6.42 Å². The van der Waals surface area contributed by atoms with E-state index in [0.29, 0.717) is 0 Å². The van der Waals surface area contributed by atoms with Crippen LogP contribution in [0, 0.1) is 6.92 Å². The largest absolute Gasteiger partial charge is 0.371 e. The first-order chi connectivity index (χ1) is 12.2. The van der Waals surface area contributed by atoms with Crippen molar-refractivity contribution in [1.29, 1.82) is 0 Å². The second kappa shape index (κ2) is 13.5. The maximum absolute atomic E-state index is 3.42. The van der Waals surface area contributed by atoms with Crippen molar-refractivity contribution < 1.29 is 0 Å². The van der Waals surface area contributed by atoms with E-state index in [-0.39, 0.29) is 0 Å². The summed E-state index contributed by atoms with van der Waals surface area (Å²) in [5.74, 6) is 0. The van der Waals surface area contributed by atoms with Gasteiger partial charge in [0.15, 0.2) is 0 Å². The Labute approximate surface area is 154 Å². The number of unbranched alkanes of at least 4 members (excludes halogenated alkanes) is 4. The van der Waals surface area contributed by atoms with Crippen LogP contribution in [-0.4, -0.2) is 28.5 Å². The molecule has 0 radical (unpaired) electrons. The van der Waals surface area contributed by atoms with Gasteiger partial charge in [0.2, 0.25) is 0 Å². The lowest BCUT2D eigenvalue weighted by Crippen LogP contribution is -2.27. The van der Waals surface area contributed by atoms with Gasteiger partial charge in [-0.05, 0) is 43.4 Å². The lowest BCUT2D eigenvalue weighted by atomic mass is 10.0. The lowest BCUT2D eigenvalue weighted by Gasteiger charge is -2.28. The molecule has 0 saturated carbocycles. The fraction of sp³-hybridized carbons (Fsp3) is 0.619. The van der Waals surface area contributed by atoms with E-state index in [2.05, 4.69) is 66.2 Å². The summed E-state index contributed by atoms with van der Waals surface area (Å²) in [6.07, 6.45) is 12.3. The van der Waals surface area contributed by atoms with Gasteiger partial charge in [-0.25, -0.2) is 0 Å². The van der Waals surface area contributed by atoms with Gasteiger partial charge in [0, 0.05) is 25.0 Å². The Kier molecular flexibility index (Phi) is 11.4. The minimum atomic E-state index is 1.14. The summed E-state index contributed by atoms with van der Waals surface area (Å²) in [5, 5.41) is 9.26. The van der Waals surface area contributed by atoms with E-state index in [1.165, 1.54) is 62.9 Å². The minimum absolute atomic E-state index is 1.14. The Morgan fingerprint density at radius 2 is 1.64 bits per heavy atom. The number of hydrogen-bond acceptors (Lipinski definition) is 3. The highest BCUT2D eigenvalue weighted by Crippen LogP contribution is 2.25. The number of benzene rings is 1. The Balaban J connectivity index is 0.000000531. The normalized spacial score (nSPS) is 10.2. The highest BCUT2D eigenvalue weighted by molar-refractivity contribution is 5.56. The SMILES string of the molecule is CCCCCN(CCCCC)c1cccc(C)c1CC.c1c[nH]nn1. The van der Waals surface area contributed by atoms with Gasteiger partial charge in [-0.2, -0.15) is 0 Å². The molecule has 1 aromatic carbocycles. The Morgan fingerprint density at radius 1 is 0.960 bits per heavy atom. The molecule has 2 rings (SSSR count). The number of aromatic amines is 1. The molecule has 0 aliphatic heterocycles. The van der Waals surface area contributed by atoms with Crippen molar-refractivity contribution >= 4 is 5.69 Å². The Morgan fingerprint density at radius 3 is 2.08 bits per heavy atom. The predicted molar refractivity (Wildman–Crippen MR) is 108 cm³/mol. The van der Waals surface area contributed by atoms with Gasteiger partial charge in [-0.3, -0.25) is 5.10 Å². The number of H-pyrrole nitrogens is 1. The first-order valence-corrected chi connectivity index (χ1v) is 9.88. The van der Waals surface area contributed by atoms with Gasteiger partial charge in [0.05, 0.1) is 6.20 Å². The third-order valence-electron chi connectivity index (χ3n) is 4.47. The zero-order chi connectivity index (χ0) is 18.3. The van der Waals surface area contributed by atoms with Crippen LogP contribution in [0.1, 0.15) is 70.4 Å². The smallest absolute Gasteiger partial charge is 0.0690 e. The molecule has 0 amide bonds. The molecule has 2 aromatic rings. The topological polar surface area (TPSA) is 44.8 Å². The van der Waals surface area contributed by atoms with Crippen molar-refractivity contribution in [3.05, 3.63) is 41.7 Å². The second-order valence-corrected chi connectivity index (χ2v) is 6.49. The zero-order valence-corrected chi connectivity index (χ0v) is 16.6. The average Bonchev–Trinajstić information content (AvgIpc) is 3.20. The summed E-state index contributed by atoms with van der Waals surface area (Å²) in [6.45, 7) is 11.5. The summed E-state index contributed by atoms with van der Waals surface area (Å²) in [7, 11) is 0. The molecule has 1 heterocycles. The van der Waals surface area contributed by atoms with E-state index in [4.69, 9.17) is 0 Å². The summed E-state index contributed by atoms with van der Waals surface area (Å²) >= 11 is 0. The fourth-order valence-corrected chi connectivity index (χ4v) is 3.07. The van der Waals surface area contributed by atoms with Crippen LogP contribution >= 0.6 is 0 Å². The average molecular weight is 345 g/mol. The van der Waals surface area contributed by atoms with Crippen LogP contribution in [0.25, 0.3) is 0 Å². The van der Waals surface area contributed by atoms with E-state index >= 15 is 0 Å². The number of anilines is 1. The molecular formula is C21H36N4. The van der Waals surface area contributed by atoms with Gasteiger partial charge in [0.25, 0.3) is 0 Å². The fourth-order valence-electron chi connectivity index (χ4n) is 3.07. The number of nitrogens with zero attached hydrogens (tertiary/aromatic N) is 3. The maximum Gasteiger partial charge on any atom is 0.0690 e. The van der Waals surface area contributed by atoms with Crippen molar-refractivity contribution in [2.45, 2.75) is 72.6 Å². The highest BCUT2D eigenvalue weighted by atomic mass is 15.3. The van der Waals surface area contributed by atoms with E-state index in [1.54, 1.807) is 18.0 Å². The number of aryl methyl sites for hydroxylation is 1. The quantitative estimate of drug-likeness (QED) is 0.575. The molecule has 0 fully saturated rings. The molecular weight excluding hydrogens is 308 g/mol. The first-order valence-electron chi connectivity index (χ1n) is 9.88. The summed E-state index contributed by atoms with van der Waals surface area (Å²) < 4.78 is 0. The number of rotatable bonds is 10. The molecule has 1 N–H and O–H groups in total. The monoisotopic (exact) mass is 344 g/mol. The van der Waals surface area contributed by atoms with Crippen molar-refractivity contribution in [2.75, 3.05) is 18.0 Å². The highest BCUT2D eigenvalue weighted by Gasteiger charge is 2.11. The van der Waals surface area contributed by atoms with Crippen molar-refractivity contribution in [1.82, 2.24) is 15.4 Å². The van der Waals surface area contributed by atoms with Gasteiger partial charge in [-0.15, -0.1) is 5.10 Å². The number of nitrogens with one attached hydrogen (secondary N) is 1. The van der Waals surface area contributed by atoms with Crippen LogP contribution in [-0.2, 0) is 6.42 Å². The molecule has 4 nitrogen and oxygen atoms in total. The van der Waals surface area contributed by atoms with Crippen LogP contribution in [0.5, 0.6) is 0 Å². The molecule has 0 aliphatic carbocycles. The van der Waals surface area contributed by atoms with Crippen molar-refractivity contribution in [3.63, 3.8) is 0 Å². The standard InChI is InChI=1S/C19H33N.C2H3N3/c1-5-8-10-15-20(16-11-9-6-2)19-14-12-13-17(4)18(19)7-3;1-2-4-5-3-1/h12-14H,5-11,15-16H2,1-4H3;1-2H,(H,3,4,5). The number of aromatic nitrogens is 3. The van der Waals surface area contributed by atoms with Crippen LogP contribution in [0.3, 0.4) is 0 Å². The minimum Gasteiger partial charge on any atom is -0.371 e. The maximum atomic E-state index is 3.42. The van der Waals surface area contributed by atoms with E-state index in [1.807, 2.05) is 0 Å². The van der Waals surface area contributed by atoms with E-state index < -0.39 is 0 Å². The van der Waals surface area contributed by atoms with Gasteiger partial charge in [0.1, 0.15) is 0 Å². The Bertz CT molecular complexity index is 510. The van der Waals surface area contributed by atoms with Gasteiger partial charge < -0.3 is 4.90 Å². The van der Waals surface area contributed by atoms with Crippen molar-refractivity contribution in [2.24, 2.45) is 0 Å². The molecule has 1 aromatic heterocycles. The second-order valence-electron chi connectivity index (χ2n) is 6.49. The zero-order valence-electron chi connectivity index (χ0n) is 16.6. The van der Waals surface area contributed by atoms with Crippen LogP contribution < -0.4 is 4.90 Å². The third kappa shape index (κ3) is 8.19. The molecule has 0 atom stereocenters. The molecule has 0 bridgehead atoms. The van der Waals surface area contributed by atoms with Gasteiger partial charge >= 0.3 is 0 Å². The van der Waals surface area contributed by atoms with E-state index in [9.17, 15) is 0 Å². The van der Waals surface area contributed by atoms with Crippen molar-refractivity contribution in [3.8, 4) is 0 Å². The number of hydrogen-bond donors (Lipinski definition) is 1. The van der Waals surface area contributed by atoms with Gasteiger partial charge in [-0.1, -0.05) is 63.8 Å². The summed E-state index contributed by atoms with van der Waals surface area (Å²) in [5.41, 5.74) is 4.47. The molecule has 4 heteroatoms. The van der Waals surface area contributed by atoms with Crippen LogP contribution in [0.15, 0.2) is 30.6 Å². The molecule has 0 aliphatic rings. The van der Waals surface area contributed by atoms with Crippen LogP contribution in [0.4, 0.5) is 5.69 Å². The Hall–Kier alpha value is -1.84. The summed E-state index contributed by atoms with van der Waals surface area (Å²) in [4.78, 5) is 2.64. The molecule has 140 valence electrons. The van der Waals surface area contributed by atoms with Crippen LogP contribution in [0.2, 0.25) is 0 Å². The molecule has 25 heavy (non-hydrogen) atoms. The molecule has 0 saturated heterocycles. The third-order valence-corrected chi connectivity index (χ3v) is 4.47.